The Morgan fingerprint density at radius 2 is 2.00 bits per heavy atom. The van der Waals surface area contributed by atoms with Crippen LogP contribution in [0.15, 0.2) is 29.8 Å². The van der Waals surface area contributed by atoms with Gasteiger partial charge in [0.1, 0.15) is 5.75 Å². The predicted octanol–water partition coefficient (Wildman–Crippen LogP) is 3.86. The molecule has 1 unspecified atom stereocenters. The normalized spacial score (nSPS) is 17.6. The highest BCUT2D eigenvalue weighted by Crippen LogP contribution is 2.33. The lowest BCUT2D eigenvalue weighted by Crippen LogP contribution is -2.31. The van der Waals surface area contributed by atoms with E-state index in [4.69, 9.17) is 0 Å². The summed E-state index contributed by atoms with van der Waals surface area (Å²) in [6.45, 7) is 10.8. The second kappa shape index (κ2) is 6.10. The highest BCUT2D eigenvalue weighted by atomic mass is 16.3. The van der Waals surface area contributed by atoms with Crippen molar-refractivity contribution in [2.24, 2.45) is 5.41 Å². The molecular weight excluding hydrogens is 260 g/mol. The van der Waals surface area contributed by atoms with Crippen molar-refractivity contribution in [3.63, 3.8) is 0 Å². The van der Waals surface area contributed by atoms with E-state index in [-0.39, 0.29) is 11.5 Å². The van der Waals surface area contributed by atoms with Gasteiger partial charge in [0.25, 0.3) is 0 Å². The summed E-state index contributed by atoms with van der Waals surface area (Å²) in [4.78, 5) is 2.32. The Balaban J connectivity index is 2.14. The molecule has 0 spiro atoms. The highest BCUT2D eigenvalue weighted by molar-refractivity contribution is 5.55. The number of phenolic OH excluding ortho intramolecular Hbond substituents is 1. The van der Waals surface area contributed by atoms with Gasteiger partial charge in [-0.05, 0) is 31.9 Å². The molecule has 2 N–H and O–H groups in total. The quantitative estimate of drug-likeness (QED) is 0.829. The molecule has 0 radical (unpaired) electrons. The molecule has 0 bridgehead atoms. The van der Waals surface area contributed by atoms with E-state index < -0.39 is 0 Å². The number of benzene rings is 1. The Kier molecular flexibility index (Phi) is 4.62. The molecule has 1 atom stereocenters. The Morgan fingerprint density at radius 3 is 2.48 bits per heavy atom. The van der Waals surface area contributed by atoms with E-state index in [2.05, 4.69) is 43.1 Å². The molecule has 116 valence electrons. The van der Waals surface area contributed by atoms with Crippen LogP contribution in [0.25, 0.3) is 0 Å². The topological polar surface area (TPSA) is 35.5 Å². The second-order valence-electron chi connectivity index (χ2n) is 6.93. The van der Waals surface area contributed by atoms with Crippen molar-refractivity contribution < 1.29 is 5.11 Å². The van der Waals surface area contributed by atoms with Gasteiger partial charge in [0.15, 0.2) is 0 Å². The van der Waals surface area contributed by atoms with Gasteiger partial charge in [0, 0.05) is 36.4 Å². The third-order valence-corrected chi connectivity index (χ3v) is 4.45. The van der Waals surface area contributed by atoms with Gasteiger partial charge < -0.3 is 15.3 Å². The number of rotatable bonds is 3. The predicted molar refractivity (Wildman–Crippen MR) is 89.9 cm³/mol. The van der Waals surface area contributed by atoms with Crippen LogP contribution in [0.2, 0.25) is 0 Å². The Morgan fingerprint density at radius 1 is 1.29 bits per heavy atom. The lowest BCUT2D eigenvalue weighted by molar-refractivity contribution is 0.457. The molecule has 3 heteroatoms. The van der Waals surface area contributed by atoms with E-state index in [0.29, 0.717) is 5.75 Å². The Hall–Kier alpha value is -1.48. The number of hydrogen-bond acceptors (Lipinski definition) is 3. The number of anilines is 1. The molecule has 0 saturated carbocycles. The molecule has 0 fully saturated rings. The molecule has 1 aromatic rings. The van der Waals surface area contributed by atoms with Crippen LogP contribution in [0.5, 0.6) is 5.75 Å². The van der Waals surface area contributed by atoms with Gasteiger partial charge in [-0.3, -0.25) is 0 Å². The smallest absolute Gasteiger partial charge is 0.122 e. The van der Waals surface area contributed by atoms with Gasteiger partial charge in [0.2, 0.25) is 0 Å². The SMILES string of the molecule is CNC(C)c1ccc(N2CC=C(C(C)(C)C)CC2)cc1O. The number of aromatic hydroxyl groups is 1. The van der Waals surface area contributed by atoms with Crippen molar-refractivity contribution in [2.45, 2.75) is 40.2 Å². The van der Waals surface area contributed by atoms with Crippen molar-refractivity contribution in [1.82, 2.24) is 5.32 Å². The molecule has 1 aromatic carbocycles. The van der Waals surface area contributed by atoms with E-state index >= 15 is 0 Å². The van der Waals surface area contributed by atoms with Crippen LogP contribution in [-0.2, 0) is 0 Å². The molecule has 1 aliphatic heterocycles. The van der Waals surface area contributed by atoms with E-state index in [9.17, 15) is 5.11 Å². The number of nitrogens with zero attached hydrogens (tertiary/aromatic N) is 1. The minimum absolute atomic E-state index is 0.160. The van der Waals surface area contributed by atoms with Gasteiger partial charge in [-0.15, -0.1) is 0 Å². The van der Waals surface area contributed by atoms with Crippen LogP contribution in [0.4, 0.5) is 5.69 Å². The third-order valence-electron chi connectivity index (χ3n) is 4.45. The zero-order chi connectivity index (χ0) is 15.6. The van der Waals surface area contributed by atoms with Crippen LogP contribution in [0.3, 0.4) is 0 Å². The highest BCUT2D eigenvalue weighted by Gasteiger charge is 2.22. The molecule has 0 aliphatic carbocycles. The molecule has 1 aliphatic rings. The summed E-state index contributed by atoms with van der Waals surface area (Å²) in [6, 6.07) is 6.18. The Bertz CT molecular complexity index is 529. The molecule has 2 rings (SSSR count). The summed E-state index contributed by atoms with van der Waals surface area (Å²) in [7, 11) is 1.90. The lowest BCUT2D eigenvalue weighted by Gasteiger charge is -2.33. The van der Waals surface area contributed by atoms with Crippen LogP contribution in [0, 0.1) is 5.41 Å². The summed E-state index contributed by atoms with van der Waals surface area (Å²) in [5.41, 5.74) is 3.84. The maximum Gasteiger partial charge on any atom is 0.122 e. The zero-order valence-electron chi connectivity index (χ0n) is 13.9. The molecule has 0 saturated heterocycles. The first-order chi connectivity index (χ1) is 9.82. The zero-order valence-corrected chi connectivity index (χ0v) is 13.9. The summed E-state index contributed by atoms with van der Waals surface area (Å²) in [5, 5.41) is 13.4. The monoisotopic (exact) mass is 288 g/mol. The summed E-state index contributed by atoms with van der Waals surface area (Å²) in [5.74, 6) is 0.375. The van der Waals surface area contributed by atoms with Crippen molar-refractivity contribution in [2.75, 3.05) is 25.0 Å². The van der Waals surface area contributed by atoms with Gasteiger partial charge in [-0.1, -0.05) is 38.5 Å². The second-order valence-corrected chi connectivity index (χ2v) is 6.93. The minimum atomic E-state index is 0.160. The van der Waals surface area contributed by atoms with E-state index in [0.717, 1.165) is 30.8 Å². The summed E-state index contributed by atoms with van der Waals surface area (Å²) in [6.07, 6.45) is 3.43. The van der Waals surface area contributed by atoms with Crippen molar-refractivity contribution in [1.29, 1.82) is 0 Å². The fraction of sp³-hybridized carbons (Fsp3) is 0.556. The maximum absolute atomic E-state index is 10.2. The first-order valence-corrected chi connectivity index (χ1v) is 7.77. The number of nitrogens with one attached hydrogen (secondary N) is 1. The average Bonchev–Trinajstić information content (AvgIpc) is 2.45. The van der Waals surface area contributed by atoms with Crippen molar-refractivity contribution >= 4 is 5.69 Å². The number of hydrogen-bond donors (Lipinski definition) is 2. The molecule has 0 amide bonds. The first-order valence-electron chi connectivity index (χ1n) is 7.77. The molecule has 1 heterocycles. The van der Waals surface area contributed by atoms with Gasteiger partial charge in [-0.2, -0.15) is 0 Å². The Labute approximate surface area is 128 Å². The molecular formula is C18H28N2O. The van der Waals surface area contributed by atoms with E-state index in [1.54, 1.807) is 0 Å². The summed E-state index contributed by atoms with van der Waals surface area (Å²) >= 11 is 0. The average molecular weight is 288 g/mol. The largest absolute Gasteiger partial charge is 0.508 e. The van der Waals surface area contributed by atoms with Crippen LogP contribution in [0.1, 0.15) is 45.7 Å². The molecule has 0 aromatic heterocycles. The van der Waals surface area contributed by atoms with Crippen molar-refractivity contribution in [3.8, 4) is 5.75 Å². The van der Waals surface area contributed by atoms with E-state index in [1.165, 1.54) is 5.57 Å². The van der Waals surface area contributed by atoms with Crippen LogP contribution >= 0.6 is 0 Å². The first kappa shape index (κ1) is 15.9. The van der Waals surface area contributed by atoms with E-state index in [1.807, 2.05) is 26.1 Å². The maximum atomic E-state index is 10.2. The number of phenols is 1. The van der Waals surface area contributed by atoms with Gasteiger partial charge >= 0.3 is 0 Å². The van der Waals surface area contributed by atoms with Crippen LogP contribution in [-0.4, -0.2) is 25.2 Å². The van der Waals surface area contributed by atoms with Crippen LogP contribution < -0.4 is 10.2 Å². The molecule has 21 heavy (non-hydrogen) atoms. The summed E-state index contributed by atoms with van der Waals surface area (Å²) < 4.78 is 0. The third kappa shape index (κ3) is 3.59. The fourth-order valence-corrected chi connectivity index (χ4v) is 2.84. The van der Waals surface area contributed by atoms with Gasteiger partial charge in [0.05, 0.1) is 0 Å². The molecule has 3 nitrogen and oxygen atoms in total. The standard InChI is InChI=1S/C18H28N2O/c1-13(19-5)16-7-6-15(12-17(16)21)20-10-8-14(9-11-20)18(2,3)4/h6-8,12-13,19,21H,9-11H2,1-5H3. The minimum Gasteiger partial charge on any atom is -0.508 e. The van der Waals surface area contributed by atoms with Gasteiger partial charge in [-0.25, -0.2) is 0 Å². The van der Waals surface area contributed by atoms with Crippen molar-refractivity contribution in [3.05, 3.63) is 35.4 Å². The fourth-order valence-electron chi connectivity index (χ4n) is 2.84. The lowest BCUT2D eigenvalue weighted by atomic mass is 9.83.